The Morgan fingerprint density at radius 2 is 2.06 bits per heavy atom. The van der Waals surface area contributed by atoms with Gasteiger partial charge in [0.1, 0.15) is 35.1 Å². The van der Waals surface area contributed by atoms with Gasteiger partial charge in [0, 0.05) is 37.8 Å². The van der Waals surface area contributed by atoms with Crippen molar-refractivity contribution in [3.05, 3.63) is 46.6 Å². The highest BCUT2D eigenvalue weighted by Crippen LogP contribution is 2.41. The molecule has 0 aromatic heterocycles. The topological polar surface area (TPSA) is 118 Å². The molecule has 10 nitrogen and oxygen atoms in total. The fourth-order valence-corrected chi connectivity index (χ4v) is 5.21. The number of nitrogens with zero attached hydrogens (tertiary/aromatic N) is 4. The van der Waals surface area contributed by atoms with E-state index in [4.69, 9.17) is 0 Å². The number of likely N-dealkylation sites (N-methyl/N-ethyl adjacent to an activating group) is 1. The molecule has 2 saturated heterocycles. The van der Waals surface area contributed by atoms with Gasteiger partial charge in [-0.1, -0.05) is 6.07 Å². The fourth-order valence-electron chi connectivity index (χ4n) is 5.21. The summed E-state index contributed by atoms with van der Waals surface area (Å²) in [4.78, 5) is 47.5. The van der Waals surface area contributed by atoms with Gasteiger partial charge in [-0.15, -0.1) is 0 Å². The second kappa shape index (κ2) is 8.30. The standard InChI is InChI=1S/C23H27FN6O4/c1-3-28-10-12(2)30-17-16(19(31)18(30)23(28)34)22(33)29-11-13-5-6-14(24)9-15(13)21(32)26-8-4-7-25-20(17)27-29/h5-6,9,12,16-17,31H,3-4,7-8,10-11H2,1-2H3,(H,25,27)(H,26,32)/t12-,16?,17?/m0/s1. The largest absolute Gasteiger partial charge is 0.509 e. The zero-order valence-corrected chi connectivity index (χ0v) is 19.0. The molecule has 3 atom stereocenters. The van der Waals surface area contributed by atoms with Gasteiger partial charge in [-0.3, -0.25) is 29.8 Å². The van der Waals surface area contributed by atoms with Gasteiger partial charge >= 0.3 is 0 Å². The van der Waals surface area contributed by atoms with Crippen molar-refractivity contribution in [1.82, 2.24) is 25.6 Å². The summed E-state index contributed by atoms with van der Waals surface area (Å²) in [5.74, 6) is -2.51. The fraction of sp³-hybridized carbons (Fsp3) is 0.478. The SMILES string of the molecule is CCN1C[C@H](C)N2C(=C(O)C3C(=O)N4Cc5ccc(F)cc5C(=O)NCCCN=C(N4)C32)C1=O. The van der Waals surface area contributed by atoms with E-state index in [2.05, 4.69) is 15.7 Å². The van der Waals surface area contributed by atoms with E-state index in [0.717, 1.165) is 6.07 Å². The van der Waals surface area contributed by atoms with E-state index < -0.39 is 29.6 Å². The lowest BCUT2D eigenvalue weighted by molar-refractivity contribution is -0.141. The van der Waals surface area contributed by atoms with Crippen LogP contribution in [0.3, 0.4) is 0 Å². The predicted octanol–water partition coefficient (Wildman–Crippen LogP) is 0.525. The van der Waals surface area contributed by atoms with Gasteiger partial charge in [-0.05, 0) is 38.0 Å². The summed E-state index contributed by atoms with van der Waals surface area (Å²) in [5, 5.41) is 15.2. The normalized spacial score (nSPS) is 27.1. The number of aliphatic hydroxyl groups excluding tert-OH is 1. The Labute approximate surface area is 196 Å². The number of amidine groups is 1. The van der Waals surface area contributed by atoms with E-state index in [1.807, 2.05) is 18.7 Å². The predicted molar refractivity (Wildman–Crippen MR) is 120 cm³/mol. The second-order valence-electron chi connectivity index (χ2n) is 8.97. The number of rotatable bonds is 1. The molecule has 2 fully saturated rings. The molecule has 4 aliphatic heterocycles. The zero-order chi connectivity index (χ0) is 24.1. The first-order valence-corrected chi connectivity index (χ1v) is 11.5. The minimum Gasteiger partial charge on any atom is -0.509 e. The summed E-state index contributed by atoms with van der Waals surface area (Å²) >= 11 is 0. The molecule has 3 N–H and O–H groups in total. The zero-order valence-electron chi connectivity index (χ0n) is 19.0. The van der Waals surface area contributed by atoms with Crippen LogP contribution in [-0.4, -0.2) is 81.7 Å². The number of hydrogen-bond acceptors (Lipinski definition) is 7. The summed E-state index contributed by atoms with van der Waals surface area (Å²) in [6.07, 6.45) is 0.525. The molecule has 11 heteroatoms. The molecule has 0 radical (unpaired) electrons. The average molecular weight is 471 g/mol. The average Bonchev–Trinajstić information content (AvgIpc) is 3.13. The number of piperazine rings is 1. The van der Waals surface area contributed by atoms with Crippen LogP contribution in [0.4, 0.5) is 4.39 Å². The van der Waals surface area contributed by atoms with Crippen LogP contribution in [0, 0.1) is 11.7 Å². The van der Waals surface area contributed by atoms with Gasteiger partial charge in [0.25, 0.3) is 17.7 Å². The second-order valence-corrected chi connectivity index (χ2v) is 8.97. The number of nitrogens with one attached hydrogen (secondary N) is 2. The third-order valence-corrected chi connectivity index (χ3v) is 6.85. The van der Waals surface area contributed by atoms with Gasteiger partial charge in [0.15, 0.2) is 0 Å². The Bertz CT molecular complexity index is 1130. The summed E-state index contributed by atoms with van der Waals surface area (Å²) in [6, 6.07) is 3.10. The number of amides is 3. The quantitative estimate of drug-likeness (QED) is 0.551. The summed E-state index contributed by atoms with van der Waals surface area (Å²) in [7, 11) is 0. The van der Waals surface area contributed by atoms with Crippen LogP contribution in [0.25, 0.3) is 0 Å². The smallest absolute Gasteiger partial charge is 0.273 e. The lowest BCUT2D eigenvalue weighted by Gasteiger charge is -2.45. The number of carbonyl (C=O) groups excluding carboxylic acids is 3. The number of fused-ring (bicyclic) bond motifs is 7. The van der Waals surface area contributed by atoms with Crippen molar-refractivity contribution >= 4 is 23.6 Å². The molecule has 2 bridgehead atoms. The molecule has 180 valence electrons. The highest BCUT2D eigenvalue weighted by atomic mass is 19.1. The van der Waals surface area contributed by atoms with E-state index in [-0.39, 0.29) is 35.5 Å². The van der Waals surface area contributed by atoms with Crippen molar-refractivity contribution in [1.29, 1.82) is 0 Å². The van der Waals surface area contributed by atoms with Crippen molar-refractivity contribution in [2.75, 3.05) is 26.2 Å². The number of aliphatic hydroxyl groups is 1. The van der Waals surface area contributed by atoms with Gasteiger partial charge in [0.2, 0.25) is 0 Å². The van der Waals surface area contributed by atoms with Crippen molar-refractivity contribution < 1.29 is 23.9 Å². The minimum atomic E-state index is -1.00. The minimum absolute atomic E-state index is 0.0443. The van der Waals surface area contributed by atoms with Crippen LogP contribution < -0.4 is 10.7 Å². The molecule has 0 saturated carbocycles. The van der Waals surface area contributed by atoms with Gasteiger partial charge in [-0.2, -0.15) is 0 Å². The van der Waals surface area contributed by atoms with E-state index >= 15 is 0 Å². The van der Waals surface area contributed by atoms with Crippen LogP contribution in [0.15, 0.2) is 34.6 Å². The molecule has 34 heavy (non-hydrogen) atoms. The number of hydrazine groups is 1. The first kappa shape index (κ1) is 22.2. The van der Waals surface area contributed by atoms with Crippen molar-refractivity contribution in [2.24, 2.45) is 10.9 Å². The van der Waals surface area contributed by atoms with Crippen LogP contribution in [0.2, 0.25) is 0 Å². The first-order valence-electron chi connectivity index (χ1n) is 11.5. The molecule has 1 aromatic rings. The van der Waals surface area contributed by atoms with Crippen LogP contribution >= 0.6 is 0 Å². The molecule has 0 spiro atoms. The van der Waals surface area contributed by atoms with Crippen LogP contribution in [-0.2, 0) is 16.1 Å². The maximum atomic E-state index is 13.9. The molecule has 3 amide bonds. The molecule has 1 aromatic carbocycles. The number of carbonyl (C=O) groups is 3. The number of hydrogen-bond donors (Lipinski definition) is 3. The van der Waals surface area contributed by atoms with Gasteiger partial charge < -0.3 is 20.2 Å². The van der Waals surface area contributed by atoms with Crippen molar-refractivity contribution in [3.63, 3.8) is 0 Å². The Morgan fingerprint density at radius 3 is 2.82 bits per heavy atom. The Morgan fingerprint density at radius 1 is 1.26 bits per heavy atom. The van der Waals surface area contributed by atoms with E-state index in [9.17, 15) is 23.9 Å². The number of aliphatic imine (C=N–C) groups is 1. The molecule has 2 unspecified atom stereocenters. The van der Waals surface area contributed by atoms with Gasteiger partial charge in [0.05, 0.1) is 6.54 Å². The number of benzene rings is 1. The van der Waals surface area contributed by atoms with E-state index in [1.165, 1.54) is 17.1 Å². The number of halogens is 1. The maximum absolute atomic E-state index is 13.9. The third kappa shape index (κ3) is 3.37. The first-order chi connectivity index (χ1) is 16.3. The molecular formula is C23H27FN6O4. The third-order valence-electron chi connectivity index (χ3n) is 6.85. The van der Waals surface area contributed by atoms with E-state index in [0.29, 0.717) is 44.0 Å². The van der Waals surface area contributed by atoms with Crippen molar-refractivity contribution in [2.45, 2.75) is 38.9 Å². The molecule has 4 aliphatic rings. The monoisotopic (exact) mass is 470 g/mol. The van der Waals surface area contributed by atoms with Crippen LogP contribution in [0.5, 0.6) is 0 Å². The lowest BCUT2D eigenvalue weighted by Crippen LogP contribution is -2.66. The van der Waals surface area contributed by atoms with E-state index in [1.54, 1.807) is 4.90 Å². The van der Waals surface area contributed by atoms with Gasteiger partial charge in [-0.25, -0.2) is 4.39 Å². The van der Waals surface area contributed by atoms with Crippen molar-refractivity contribution in [3.8, 4) is 0 Å². The highest BCUT2D eigenvalue weighted by Gasteiger charge is 2.57. The van der Waals surface area contributed by atoms with Crippen LogP contribution in [0.1, 0.15) is 36.2 Å². The lowest BCUT2D eigenvalue weighted by atomic mass is 9.94. The molecular weight excluding hydrogens is 443 g/mol. The summed E-state index contributed by atoms with van der Waals surface area (Å²) in [6.45, 7) is 5.47. The molecule has 4 heterocycles. The molecule has 5 rings (SSSR count). The Hall–Kier alpha value is -3.63. The Kier molecular flexibility index (Phi) is 5.41. The Balaban J connectivity index is 1.58. The maximum Gasteiger partial charge on any atom is 0.273 e. The summed E-state index contributed by atoms with van der Waals surface area (Å²) in [5.41, 5.74) is 3.81. The summed E-state index contributed by atoms with van der Waals surface area (Å²) < 4.78 is 13.9. The highest BCUT2D eigenvalue weighted by molar-refractivity contribution is 6.05. The molecule has 0 aliphatic carbocycles.